The van der Waals surface area contributed by atoms with E-state index in [0.717, 1.165) is 16.9 Å². The summed E-state index contributed by atoms with van der Waals surface area (Å²) in [6, 6.07) is 6.70. The number of anilines is 1. The average Bonchev–Trinajstić information content (AvgIpc) is 2.96. The molecule has 0 aliphatic heterocycles. The largest absolute Gasteiger partial charge is 0.495 e. The molecule has 0 saturated heterocycles. The van der Waals surface area contributed by atoms with E-state index in [4.69, 9.17) is 21.1 Å². The van der Waals surface area contributed by atoms with Crippen LogP contribution in [-0.4, -0.2) is 25.1 Å². The number of rotatable bonds is 6. The van der Waals surface area contributed by atoms with Crippen LogP contribution in [0.3, 0.4) is 0 Å². The highest BCUT2D eigenvalue weighted by atomic mass is 35.5. The smallest absolute Gasteiger partial charge is 0.349 e. The van der Waals surface area contributed by atoms with Gasteiger partial charge in [0.05, 0.1) is 12.1 Å². The van der Waals surface area contributed by atoms with Crippen molar-refractivity contribution in [3.05, 3.63) is 44.6 Å². The Balaban J connectivity index is 1.99. The number of carbonyl (C=O) groups is 2. The number of ether oxygens (including phenoxy) is 2. The first-order chi connectivity index (χ1) is 11.8. The average molecular weight is 382 g/mol. The summed E-state index contributed by atoms with van der Waals surface area (Å²) in [7, 11) is 1.51. The maximum atomic E-state index is 12.2. The molecule has 0 unspecified atom stereocenters. The van der Waals surface area contributed by atoms with E-state index in [2.05, 4.69) is 5.32 Å². The van der Waals surface area contributed by atoms with E-state index in [9.17, 15) is 9.59 Å². The van der Waals surface area contributed by atoms with Gasteiger partial charge in [-0.2, -0.15) is 0 Å². The van der Waals surface area contributed by atoms with Crippen LogP contribution in [0.15, 0.2) is 24.3 Å². The van der Waals surface area contributed by atoms with Gasteiger partial charge in [-0.15, -0.1) is 11.3 Å². The van der Waals surface area contributed by atoms with Crippen molar-refractivity contribution < 1.29 is 19.1 Å². The van der Waals surface area contributed by atoms with Gasteiger partial charge in [-0.1, -0.05) is 18.5 Å². The molecule has 0 aliphatic rings. The molecule has 0 saturated carbocycles. The maximum Gasteiger partial charge on any atom is 0.349 e. The lowest BCUT2D eigenvalue weighted by atomic mass is 10.2. The Morgan fingerprint density at radius 1 is 1.32 bits per heavy atom. The highest BCUT2D eigenvalue weighted by Gasteiger charge is 2.21. The fraction of sp³-hybridized carbons (Fsp3) is 0.333. The number of carbonyl (C=O) groups excluding carboxylic acids is 2. The van der Waals surface area contributed by atoms with Crippen LogP contribution in [-0.2, 0) is 16.0 Å². The minimum Gasteiger partial charge on any atom is -0.495 e. The Labute approximate surface area is 155 Å². The number of thiophene rings is 1. The molecule has 5 nitrogen and oxygen atoms in total. The SMILES string of the molecule is CCc1cc(C(=O)O[C@@H](C)C(=O)Nc2ccc(OC)c(Cl)c2)sc1C. The molecule has 25 heavy (non-hydrogen) atoms. The molecule has 0 aliphatic carbocycles. The van der Waals surface area contributed by atoms with Gasteiger partial charge in [-0.25, -0.2) is 4.79 Å². The van der Waals surface area contributed by atoms with Crippen LogP contribution < -0.4 is 10.1 Å². The van der Waals surface area contributed by atoms with Crippen LogP contribution in [0.5, 0.6) is 5.75 Å². The molecule has 134 valence electrons. The third-order valence-electron chi connectivity index (χ3n) is 3.68. The Morgan fingerprint density at radius 2 is 2.04 bits per heavy atom. The Bertz CT molecular complexity index is 787. The van der Waals surface area contributed by atoms with Crippen LogP contribution in [0.1, 0.15) is 34.0 Å². The lowest BCUT2D eigenvalue weighted by Gasteiger charge is -2.13. The molecule has 1 aromatic heterocycles. The van der Waals surface area contributed by atoms with Gasteiger partial charge in [-0.3, -0.25) is 4.79 Å². The fourth-order valence-corrected chi connectivity index (χ4v) is 3.49. The monoisotopic (exact) mass is 381 g/mol. The number of nitrogens with one attached hydrogen (secondary N) is 1. The minimum absolute atomic E-state index is 0.381. The van der Waals surface area contributed by atoms with Crippen molar-refractivity contribution in [2.45, 2.75) is 33.3 Å². The van der Waals surface area contributed by atoms with Crippen molar-refractivity contribution in [3.63, 3.8) is 0 Å². The molecule has 0 bridgehead atoms. The minimum atomic E-state index is -0.930. The van der Waals surface area contributed by atoms with Crippen molar-refractivity contribution in [1.82, 2.24) is 0 Å². The highest BCUT2D eigenvalue weighted by Crippen LogP contribution is 2.27. The zero-order chi connectivity index (χ0) is 18.6. The summed E-state index contributed by atoms with van der Waals surface area (Å²) < 4.78 is 10.3. The zero-order valence-electron chi connectivity index (χ0n) is 14.5. The van der Waals surface area contributed by atoms with Gasteiger partial charge in [0.2, 0.25) is 0 Å². The van der Waals surface area contributed by atoms with Gasteiger partial charge in [0.1, 0.15) is 10.6 Å². The third-order valence-corrected chi connectivity index (χ3v) is 5.04. The third kappa shape index (κ3) is 4.74. The summed E-state index contributed by atoms with van der Waals surface area (Å²) in [4.78, 5) is 26.0. The summed E-state index contributed by atoms with van der Waals surface area (Å²) in [6.45, 7) is 5.52. The lowest BCUT2D eigenvalue weighted by Crippen LogP contribution is -2.29. The van der Waals surface area contributed by atoms with Gasteiger partial charge in [0.25, 0.3) is 5.91 Å². The molecular weight excluding hydrogens is 362 g/mol. The standard InChI is InChI=1S/C18H20ClNO4S/c1-5-12-8-16(25-11(12)3)18(22)24-10(2)17(21)20-13-6-7-15(23-4)14(19)9-13/h6-10H,5H2,1-4H3,(H,20,21)/t10-/m0/s1. The van der Waals surface area contributed by atoms with Gasteiger partial charge in [-0.05, 0) is 50.1 Å². The first kappa shape index (κ1) is 19.3. The summed E-state index contributed by atoms with van der Waals surface area (Å²) in [5, 5.41) is 3.05. The maximum absolute atomic E-state index is 12.2. The second-order valence-electron chi connectivity index (χ2n) is 5.43. The van der Waals surface area contributed by atoms with E-state index >= 15 is 0 Å². The summed E-state index contributed by atoms with van der Waals surface area (Å²) >= 11 is 7.40. The zero-order valence-corrected chi connectivity index (χ0v) is 16.1. The number of esters is 1. The van der Waals surface area contributed by atoms with E-state index in [-0.39, 0.29) is 0 Å². The molecule has 1 amide bonds. The predicted octanol–water partition coefficient (Wildman–Crippen LogP) is 4.46. The molecule has 1 N–H and O–H groups in total. The molecule has 1 atom stereocenters. The molecule has 0 spiro atoms. The van der Waals surface area contributed by atoms with Crippen LogP contribution in [0.25, 0.3) is 0 Å². The normalized spacial score (nSPS) is 11.7. The van der Waals surface area contributed by atoms with Gasteiger partial charge in [0, 0.05) is 10.6 Å². The van der Waals surface area contributed by atoms with Crippen molar-refractivity contribution >= 4 is 40.5 Å². The fourth-order valence-electron chi connectivity index (χ4n) is 2.23. The molecule has 7 heteroatoms. The molecule has 1 heterocycles. The topological polar surface area (TPSA) is 64.6 Å². The first-order valence-electron chi connectivity index (χ1n) is 7.80. The Morgan fingerprint density at radius 3 is 2.60 bits per heavy atom. The van der Waals surface area contributed by atoms with Crippen molar-refractivity contribution in [2.75, 3.05) is 12.4 Å². The highest BCUT2D eigenvalue weighted by molar-refractivity contribution is 7.14. The van der Waals surface area contributed by atoms with Crippen LogP contribution >= 0.6 is 22.9 Å². The van der Waals surface area contributed by atoms with Crippen LogP contribution in [0, 0.1) is 6.92 Å². The van der Waals surface area contributed by atoms with Crippen molar-refractivity contribution in [3.8, 4) is 5.75 Å². The molecule has 2 rings (SSSR count). The number of amides is 1. The number of hydrogen-bond donors (Lipinski definition) is 1. The van der Waals surface area contributed by atoms with Gasteiger partial charge < -0.3 is 14.8 Å². The number of aryl methyl sites for hydroxylation is 2. The van der Waals surface area contributed by atoms with Crippen molar-refractivity contribution in [2.24, 2.45) is 0 Å². The molecule has 0 radical (unpaired) electrons. The molecular formula is C18H20ClNO4S. The quantitative estimate of drug-likeness (QED) is 0.750. The Kier molecular flexibility index (Phi) is 6.45. The van der Waals surface area contributed by atoms with Gasteiger partial charge >= 0.3 is 5.97 Å². The van der Waals surface area contributed by atoms with E-state index in [1.807, 2.05) is 19.9 Å². The molecule has 0 fully saturated rings. The summed E-state index contributed by atoms with van der Waals surface area (Å²) in [5.74, 6) is -0.416. The van der Waals surface area contributed by atoms with E-state index < -0.39 is 18.0 Å². The second-order valence-corrected chi connectivity index (χ2v) is 7.10. The van der Waals surface area contributed by atoms with E-state index in [0.29, 0.717) is 21.3 Å². The van der Waals surface area contributed by atoms with Crippen LogP contribution in [0.2, 0.25) is 5.02 Å². The van der Waals surface area contributed by atoms with Crippen molar-refractivity contribution in [1.29, 1.82) is 0 Å². The number of methoxy groups -OCH3 is 1. The second kappa shape index (κ2) is 8.36. The van der Waals surface area contributed by atoms with Gasteiger partial charge in [0.15, 0.2) is 6.10 Å². The lowest BCUT2D eigenvalue weighted by molar-refractivity contribution is -0.123. The number of hydrogen-bond acceptors (Lipinski definition) is 5. The predicted molar refractivity (Wildman–Crippen MR) is 99.9 cm³/mol. The Hall–Kier alpha value is -2.05. The summed E-state index contributed by atoms with van der Waals surface area (Å²) in [5.41, 5.74) is 1.61. The first-order valence-corrected chi connectivity index (χ1v) is 8.99. The number of halogens is 1. The molecule has 2 aromatic rings. The molecule has 1 aromatic carbocycles. The van der Waals surface area contributed by atoms with Crippen LogP contribution in [0.4, 0.5) is 5.69 Å². The number of benzene rings is 1. The summed E-state index contributed by atoms with van der Waals surface area (Å²) in [6.07, 6.45) is -0.0787. The van der Waals surface area contributed by atoms with E-state index in [1.165, 1.54) is 25.4 Å². The van der Waals surface area contributed by atoms with E-state index in [1.54, 1.807) is 18.2 Å².